The van der Waals surface area contributed by atoms with E-state index in [1.165, 1.54) is 6.33 Å². The number of nitrogens with one attached hydrogen (secondary N) is 2. The third-order valence-corrected chi connectivity index (χ3v) is 2.96. The van der Waals surface area contributed by atoms with Crippen molar-refractivity contribution in [3.63, 3.8) is 0 Å². The van der Waals surface area contributed by atoms with Crippen LogP contribution in [0.1, 0.15) is 18.3 Å². The van der Waals surface area contributed by atoms with Crippen LogP contribution in [-0.2, 0) is 16.8 Å². The van der Waals surface area contributed by atoms with Gasteiger partial charge in [-0.2, -0.15) is 5.10 Å². The Morgan fingerprint density at radius 1 is 1.42 bits per heavy atom. The number of benzene rings is 1. The fraction of sp³-hybridized carbons (Fsp3) is 0.308. The van der Waals surface area contributed by atoms with Crippen molar-refractivity contribution >= 4 is 5.91 Å². The molecule has 0 spiro atoms. The molecule has 0 bridgehead atoms. The van der Waals surface area contributed by atoms with E-state index in [-0.39, 0.29) is 5.91 Å². The summed E-state index contributed by atoms with van der Waals surface area (Å²) in [5, 5.41) is 9.29. The molecule has 0 saturated carbocycles. The van der Waals surface area contributed by atoms with E-state index in [1.54, 1.807) is 6.92 Å². The monoisotopic (exact) mass is 259 g/mol. The normalized spacial score (nSPS) is 13.8. The van der Waals surface area contributed by atoms with Crippen molar-refractivity contribution in [1.82, 2.24) is 20.5 Å². The van der Waals surface area contributed by atoms with E-state index in [4.69, 9.17) is 5.73 Å². The average Bonchev–Trinajstić information content (AvgIpc) is 2.93. The Bertz CT molecular complexity index is 521. The molecule has 0 aliphatic heterocycles. The third-order valence-electron chi connectivity index (χ3n) is 2.96. The van der Waals surface area contributed by atoms with Crippen molar-refractivity contribution in [3.8, 4) is 0 Å². The van der Waals surface area contributed by atoms with Gasteiger partial charge in [-0.15, -0.1) is 0 Å². The van der Waals surface area contributed by atoms with E-state index in [9.17, 15) is 4.79 Å². The first-order valence-electron chi connectivity index (χ1n) is 6.07. The van der Waals surface area contributed by atoms with Crippen molar-refractivity contribution in [3.05, 3.63) is 48.0 Å². The second kappa shape index (κ2) is 5.62. The molecular formula is C13H17N5O. The molecule has 0 radical (unpaired) electrons. The number of rotatable bonds is 5. The summed E-state index contributed by atoms with van der Waals surface area (Å²) >= 11 is 0. The van der Waals surface area contributed by atoms with Crippen LogP contribution in [0, 0.1) is 0 Å². The summed E-state index contributed by atoms with van der Waals surface area (Å²) in [6.45, 7) is 2.17. The van der Waals surface area contributed by atoms with Gasteiger partial charge in [-0.1, -0.05) is 30.3 Å². The van der Waals surface area contributed by atoms with Gasteiger partial charge in [0.1, 0.15) is 17.7 Å². The molecule has 1 amide bonds. The van der Waals surface area contributed by atoms with Crippen molar-refractivity contribution < 1.29 is 4.79 Å². The summed E-state index contributed by atoms with van der Waals surface area (Å²) in [6.07, 6.45) is 2.03. The summed E-state index contributed by atoms with van der Waals surface area (Å²) in [7, 11) is 0. The fourth-order valence-corrected chi connectivity index (χ4v) is 1.74. The lowest BCUT2D eigenvalue weighted by Gasteiger charge is -2.23. The van der Waals surface area contributed by atoms with Gasteiger partial charge in [0.25, 0.3) is 0 Å². The molecule has 6 heteroatoms. The Morgan fingerprint density at radius 3 is 2.79 bits per heavy atom. The van der Waals surface area contributed by atoms with Gasteiger partial charge < -0.3 is 11.1 Å². The highest BCUT2D eigenvalue weighted by Gasteiger charge is 2.29. The molecule has 0 aliphatic carbocycles. The number of amides is 1. The zero-order valence-corrected chi connectivity index (χ0v) is 10.8. The Labute approximate surface area is 111 Å². The zero-order valence-electron chi connectivity index (χ0n) is 10.8. The highest BCUT2D eigenvalue weighted by Crippen LogP contribution is 2.17. The summed E-state index contributed by atoms with van der Waals surface area (Å²) in [5.74, 6) is 0.525. The second-order valence-electron chi connectivity index (χ2n) is 4.51. The zero-order chi connectivity index (χ0) is 13.7. The van der Waals surface area contributed by atoms with E-state index in [2.05, 4.69) is 20.5 Å². The van der Waals surface area contributed by atoms with Crippen LogP contribution in [0.4, 0.5) is 0 Å². The maximum Gasteiger partial charge on any atom is 0.244 e. The van der Waals surface area contributed by atoms with Gasteiger partial charge in [0, 0.05) is 13.0 Å². The average molecular weight is 259 g/mol. The number of aromatic nitrogens is 3. The van der Waals surface area contributed by atoms with Gasteiger partial charge in [0.2, 0.25) is 5.91 Å². The molecule has 2 rings (SSSR count). The van der Waals surface area contributed by atoms with Gasteiger partial charge in [-0.25, -0.2) is 4.98 Å². The molecule has 1 unspecified atom stereocenters. The van der Waals surface area contributed by atoms with Gasteiger partial charge in [-0.05, 0) is 12.5 Å². The predicted octanol–water partition coefficient (Wildman–Crippen LogP) is 0.338. The lowest BCUT2D eigenvalue weighted by atomic mass is 9.92. The highest BCUT2D eigenvalue weighted by atomic mass is 16.2. The SMILES string of the molecule is CC(N)(C(=O)NCCc1ncn[nH]1)c1ccccc1. The van der Waals surface area contributed by atoms with Crippen LogP contribution in [0.15, 0.2) is 36.7 Å². The topological polar surface area (TPSA) is 96.7 Å². The van der Waals surface area contributed by atoms with Crippen molar-refractivity contribution in [2.75, 3.05) is 6.54 Å². The quantitative estimate of drug-likeness (QED) is 0.721. The molecule has 0 saturated heterocycles. The van der Waals surface area contributed by atoms with Gasteiger partial charge >= 0.3 is 0 Å². The maximum absolute atomic E-state index is 12.1. The van der Waals surface area contributed by atoms with Crippen LogP contribution in [-0.4, -0.2) is 27.6 Å². The van der Waals surface area contributed by atoms with E-state index >= 15 is 0 Å². The molecule has 1 heterocycles. The minimum absolute atomic E-state index is 0.210. The van der Waals surface area contributed by atoms with Crippen LogP contribution in [0.2, 0.25) is 0 Å². The van der Waals surface area contributed by atoms with Crippen molar-refractivity contribution in [2.24, 2.45) is 5.73 Å². The molecule has 6 nitrogen and oxygen atoms in total. The lowest BCUT2D eigenvalue weighted by Crippen LogP contribution is -2.49. The highest BCUT2D eigenvalue weighted by molar-refractivity contribution is 5.86. The number of nitrogens with two attached hydrogens (primary N) is 1. The van der Waals surface area contributed by atoms with Crippen LogP contribution < -0.4 is 11.1 Å². The molecule has 1 aromatic heterocycles. The summed E-state index contributed by atoms with van der Waals surface area (Å²) in [6, 6.07) is 9.30. The summed E-state index contributed by atoms with van der Waals surface area (Å²) in [4.78, 5) is 16.1. The first kappa shape index (κ1) is 13.2. The Hall–Kier alpha value is -2.21. The van der Waals surface area contributed by atoms with E-state index in [0.717, 1.165) is 11.4 Å². The van der Waals surface area contributed by atoms with E-state index in [0.29, 0.717) is 13.0 Å². The number of H-pyrrole nitrogens is 1. The van der Waals surface area contributed by atoms with E-state index in [1.807, 2.05) is 30.3 Å². The second-order valence-corrected chi connectivity index (χ2v) is 4.51. The third kappa shape index (κ3) is 3.17. The predicted molar refractivity (Wildman–Crippen MR) is 71.1 cm³/mol. The molecule has 19 heavy (non-hydrogen) atoms. The van der Waals surface area contributed by atoms with Crippen molar-refractivity contribution in [2.45, 2.75) is 18.9 Å². The molecule has 0 fully saturated rings. The molecule has 0 aliphatic rings. The fourth-order valence-electron chi connectivity index (χ4n) is 1.74. The van der Waals surface area contributed by atoms with Crippen LogP contribution >= 0.6 is 0 Å². The Morgan fingerprint density at radius 2 is 2.16 bits per heavy atom. The Balaban J connectivity index is 1.92. The number of hydrogen-bond donors (Lipinski definition) is 3. The molecule has 1 atom stereocenters. The first-order chi connectivity index (χ1) is 9.10. The number of carbonyl (C=O) groups excluding carboxylic acids is 1. The molecule has 1 aromatic carbocycles. The van der Waals surface area contributed by atoms with Gasteiger partial charge in [0.15, 0.2) is 0 Å². The minimum atomic E-state index is -1.04. The number of hydrogen-bond acceptors (Lipinski definition) is 4. The van der Waals surface area contributed by atoms with Gasteiger partial charge in [-0.3, -0.25) is 9.89 Å². The van der Waals surface area contributed by atoms with Crippen LogP contribution in [0.25, 0.3) is 0 Å². The number of carbonyl (C=O) groups is 1. The summed E-state index contributed by atoms with van der Waals surface area (Å²) < 4.78 is 0. The number of nitrogens with zero attached hydrogens (tertiary/aromatic N) is 2. The molecule has 4 N–H and O–H groups in total. The minimum Gasteiger partial charge on any atom is -0.354 e. The molecule has 2 aromatic rings. The van der Waals surface area contributed by atoms with Crippen LogP contribution in [0.3, 0.4) is 0 Å². The van der Waals surface area contributed by atoms with Crippen LogP contribution in [0.5, 0.6) is 0 Å². The standard InChI is InChI=1S/C13H17N5O/c1-13(14,10-5-3-2-4-6-10)12(19)15-8-7-11-16-9-17-18-11/h2-6,9H,7-8,14H2,1H3,(H,15,19)(H,16,17,18). The van der Waals surface area contributed by atoms with Gasteiger partial charge in [0.05, 0.1) is 0 Å². The smallest absolute Gasteiger partial charge is 0.244 e. The number of aromatic amines is 1. The Kier molecular flexibility index (Phi) is 3.91. The molecule has 100 valence electrons. The first-order valence-corrected chi connectivity index (χ1v) is 6.07. The summed E-state index contributed by atoms with van der Waals surface area (Å²) in [5.41, 5.74) is 5.84. The van der Waals surface area contributed by atoms with Crippen molar-refractivity contribution in [1.29, 1.82) is 0 Å². The van der Waals surface area contributed by atoms with E-state index < -0.39 is 5.54 Å². The lowest BCUT2D eigenvalue weighted by molar-refractivity contribution is -0.126. The molecular weight excluding hydrogens is 242 g/mol. The maximum atomic E-state index is 12.1. The largest absolute Gasteiger partial charge is 0.354 e.